The summed E-state index contributed by atoms with van der Waals surface area (Å²) in [7, 11) is 1.88. The van der Waals surface area contributed by atoms with E-state index in [-0.39, 0.29) is 5.91 Å². The van der Waals surface area contributed by atoms with Crippen LogP contribution in [0.25, 0.3) is 0 Å². The maximum absolute atomic E-state index is 12.3. The van der Waals surface area contributed by atoms with E-state index < -0.39 is 0 Å². The first-order chi connectivity index (χ1) is 8.22. The number of nitrogens with zero attached hydrogens (tertiary/aromatic N) is 3. The van der Waals surface area contributed by atoms with Gasteiger partial charge >= 0.3 is 0 Å². The molecule has 0 saturated carbocycles. The lowest BCUT2D eigenvalue weighted by molar-refractivity contribution is 0.0725. The van der Waals surface area contributed by atoms with Crippen molar-refractivity contribution in [2.75, 3.05) is 11.9 Å². The fourth-order valence-electron chi connectivity index (χ4n) is 2.39. The van der Waals surface area contributed by atoms with Gasteiger partial charge in [0.15, 0.2) is 0 Å². The molecule has 1 aromatic rings. The minimum absolute atomic E-state index is 0.0858. The molecule has 17 heavy (non-hydrogen) atoms. The van der Waals surface area contributed by atoms with Gasteiger partial charge in [-0.05, 0) is 25.7 Å². The van der Waals surface area contributed by atoms with Crippen molar-refractivity contribution in [1.29, 1.82) is 0 Å². The first-order valence-electron chi connectivity index (χ1n) is 6.07. The standard InChI is InChI=1S/C12H18BrN3O/c1-15-8-11(14-9-15)12(17)16-7-3-5-10(16)4-2-6-13/h8-10H,2-7H2,1H3. The second-order valence-corrected chi connectivity index (χ2v) is 5.34. The summed E-state index contributed by atoms with van der Waals surface area (Å²) in [6.45, 7) is 0.877. The van der Waals surface area contributed by atoms with E-state index in [9.17, 15) is 4.79 Å². The Labute approximate surface area is 110 Å². The molecule has 1 fully saturated rings. The molecule has 1 aromatic heterocycles. The lowest BCUT2D eigenvalue weighted by Crippen LogP contribution is -2.35. The lowest BCUT2D eigenvalue weighted by atomic mass is 10.1. The molecule has 0 radical (unpaired) electrons. The zero-order chi connectivity index (χ0) is 12.3. The summed E-state index contributed by atoms with van der Waals surface area (Å²) in [5.74, 6) is 0.0858. The second kappa shape index (κ2) is 5.67. The van der Waals surface area contributed by atoms with Crippen LogP contribution >= 0.6 is 15.9 Å². The summed E-state index contributed by atoms with van der Waals surface area (Å²) >= 11 is 3.44. The number of aromatic nitrogens is 2. The van der Waals surface area contributed by atoms with Gasteiger partial charge in [-0.15, -0.1) is 0 Å². The van der Waals surface area contributed by atoms with Crippen molar-refractivity contribution in [1.82, 2.24) is 14.5 Å². The number of amides is 1. The monoisotopic (exact) mass is 299 g/mol. The molecule has 0 aromatic carbocycles. The summed E-state index contributed by atoms with van der Waals surface area (Å²) < 4.78 is 1.82. The van der Waals surface area contributed by atoms with Gasteiger partial charge in [0.1, 0.15) is 5.69 Å². The smallest absolute Gasteiger partial charge is 0.274 e. The van der Waals surface area contributed by atoms with E-state index in [1.165, 1.54) is 0 Å². The average molecular weight is 300 g/mol. The van der Waals surface area contributed by atoms with Crippen LogP contribution in [0, 0.1) is 0 Å². The van der Waals surface area contributed by atoms with Crippen molar-refractivity contribution >= 4 is 21.8 Å². The second-order valence-electron chi connectivity index (χ2n) is 4.55. The highest BCUT2D eigenvalue weighted by molar-refractivity contribution is 9.09. The Morgan fingerprint density at radius 2 is 2.47 bits per heavy atom. The van der Waals surface area contributed by atoms with Crippen LogP contribution in [0.5, 0.6) is 0 Å². The van der Waals surface area contributed by atoms with Crippen LogP contribution in [0.2, 0.25) is 0 Å². The summed E-state index contributed by atoms with van der Waals surface area (Å²) in [4.78, 5) is 18.4. The molecule has 0 spiro atoms. The first kappa shape index (κ1) is 12.6. The maximum atomic E-state index is 12.3. The van der Waals surface area contributed by atoms with Crippen LogP contribution in [0.1, 0.15) is 36.2 Å². The third kappa shape index (κ3) is 2.89. The third-order valence-corrected chi connectivity index (χ3v) is 3.79. The molecular formula is C12H18BrN3O. The van der Waals surface area contributed by atoms with E-state index >= 15 is 0 Å². The van der Waals surface area contributed by atoms with Crippen molar-refractivity contribution in [3.8, 4) is 0 Å². The predicted molar refractivity (Wildman–Crippen MR) is 70.3 cm³/mol. The predicted octanol–water partition coefficient (Wildman–Crippen LogP) is 2.20. The largest absolute Gasteiger partial charge is 0.340 e. The summed E-state index contributed by atoms with van der Waals surface area (Å²) in [5.41, 5.74) is 0.568. The molecule has 5 heteroatoms. The number of hydrogen-bond acceptors (Lipinski definition) is 2. The van der Waals surface area contributed by atoms with Gasteiger partial charge in [0.2, 0.25) is 0 Å². The molecule has 1 atom stereocenters. The zero-order valence-corrected chi connectivity index (χ0v) is 11.7. The highest BCUT2D eigenvalue weighted by Crippen LogP contribution is 2.23. The van der Waals surface area contributed by atoms with Crippen LogP contribution in [0.3, 0.4) is 0 Å². The van der Waals surface area contributed by atoms with Gasteiger partial charge in [-0.2, -0.15) is 0 Å². The number of rotatable bonds is 4. The third-order valence-electron chi connectivity index (χ3n) is 3.23. The van der Waals surface area contributed by atoms with Gasteiger partial charge in [-0.3, -0.25) is 4.79 Å². The Hall–Kier alpha value is -0.840. The molecule has 0 N–H and O–H groups in total. The Kier molecular flexibility index (Phi) is 4.20. The maximum Gasteiger partial charge on any atom is 0.274 e. The molecule has 4 nitrogen and oxygen atoms in total. The van der Waals surface area contributed by atoms with E-state index in [1.807, 2.05) is 16.5 Å². The number of halogens is 1. The van der Waals surface area contributed by atoms with Gasteiger partial charge in [0, 0.05) is 31.2 Å². The molecule has 1 unspecified atom stereocenters. The number of hydrogen-bond donors (Lipinski definition) is 0. The summed E-state index contributed by atoms with van der Waals surface area (Å²) in [5, 5.41) is 1.01. The van der Waals surface area contributed by atoms with E-state index in [0.717, 1.165) is 37.6 Å². The Morgan fingerprint density at radius 1 is 1.65 bits per heavy atom. The van der Waals surface area contributed by atoms with Crippen molar-refractivity contribution in [3.63, 3.8) is 0 Å². The van der Waals surface area contributed by atoms with E-state index in [4.69, 9.17) is 0 Å². The van der Waals surface area contributed by atoms with E-state index in [0.29, 0.717) is 11.7 Å². The van der Waals surface area contributed by atoms with Gasteiger partial charge in [-0.1, -0.05) is 15.9 Å². The molecule has 1 amide bonds. The van der Waals surface area contributed by atoms with Gasteiger partial charge in [0.25, 0.3) is 5.91 Å². The number of imidazole rings is 1. The van der Waals surface area contributed by atoms with Crippen LogP contribution in [-0.4, -0.2) is 38.3 Å². The molecule has 2 rings (SSSR count). The molecule has 2 heterocycles. The lowest BCUT2D eigenvalue weighted by Gasteiger charge is -2.23. The molecule has 94 valence electrons. The van der Waals surface area contributed by atoms with Crippen molar-refractivity contribution in [2.45, 2.75) is 31.7 Å². The van der Waals surface area contributed by atoms with Crippen molar-refractivity contribution in [3.05, 3.63) is 18.2 Å². The fraction of sp³-hybridized carbons (Fsp3) is 0.667. The number of aryl methyl sites for hydroxylation is 1. The minimum Gasteiger partial charge on any atom is -0.340 e. The minimum atomic E-state index is 0.0858. The highest BCUT2D eigenvalue weighted by Gasteiger charge is 2.29. The number of carbonyl (C=O) groups excluding carboxylic acids is 1. The van der Waals surface area contributed by atoms with E-state index in [2.05, 4.69) is 20.9 Å². The first-order valence-corrected chi connectivity index (χ1v) is 7.19. The fourth-order valence-corrected chi connectivity index (χ4v) is 2.71. The Balaban J connectivity index is 2.03. The number of likely N-dealkylation sites (tertiary alicyclic amines) is 1. The van der Waals surface area contributed by atoms with Crippen LogP contribution < -0.4 is 0 Å². The number of alkyl halides is 1. The van der Waals surface area contributed by atoms with Crippen LogP contribution in [-0.2, 0) is 7.05 Å². The highest BCUT2D eigenvalue weighted by atomic mass is 79.9. The number of carbonyl (C=O) groups is 1. The van der Waals surface area contributed by atoms with Crippen molar-refractivity contribution in [2.24, 2.45) is 7.05 Å². The normalized spacial score (nSPS) is 19.9. The zero-order valence-electron chi connectivity index (χ0n) is 10.1. The Bertz CT molecular complexity index is 391. The van der Waals surface area contributed by atoms with Gasteiger partial charge in [0.05, 0.1) is 6.33 Å². The summed E-state index contributed by atoms with van der Waals surface area (Å²) in [6.07, 6.45) is 7.93. The van der Waals surface area contributed by atoms with Crippen LogP contribution in [0.4, 0.5) is 0 Å². The topological polar surface area (TPSA) is 38.1 Å². The molecule has 1 aliphatic heterocycles. The molecule has 1 saturated heterocycles. The average Bonchev–Trinajstić information content (AvgIpc) is 2.94. The van der Waals surface area contributed by atoms with Crippen molar-refractivity contribution < 1.29 is 4.79 Å². The molecule has 1 aliphatic rings. The molecular weight excluding hydrogens is 282 g/mol. The Morgan fingerprint density at radius 3 is 3.12 bits per heavy atom. The SMILES string of the molecule is Cn1cnc(C(=O)N2CCCC2CCCBr)c1. The quantitative estimate of drug-likeness (QED) is 0.800. The van der Waals surface area contributed by atoms with Crippen LogP contribution in [0.15, 0.2) is 12.5 Å². The van der Waals surface area contributed by atoms with E-state index in [1.54, 1.807) is 12.5 Å². The van der Waals surface area contributed by atoms with Gasteiger partial charge in [-0.25, -0.2) is 4.98 Å². The summed E-state index contributed by atoms with van der Waals surface area (Å²) in [6, 6.07) is 0.405. The van der Waals surface area contributed by atoms with Gasteiger partial charge < -0.3 is 9.47 Å². The molecule has 0 bridgehead atoms. The molecule has 0 aliphatic carbocycles.